The summed E-state index contributed by atoms with van der Waals surface area (Å²) in [6, 6.07) is 5.60. The van der Waals surface area contributed by atoms with Crippen LogP contribution in [0.2, 0.25) is 10.0 Å². The molecule has 2 aromatic carbocycles. The molecule has 10 heteroatoms. The van der Waals surface area contributed by atoms with Crippen molar-refractivity contribution in [1.29, 1.82) is 0 Å². The summed E-state index contributed by atoms with van der Waals surface area (Å²) in [5.74, 6) is -2.34. The van der Waals surface area contributed by atoms with Gasteiger partial charge in [-0.3, -0.25) is 4.79 Å². The molecule has 0 aliphatic heterocycles. The Morgan fingerprint density at radius 2 is 1.71 bits per heavy atom. The van der Waals surface area contributed by atoms with Crippen molar-refractivity contribution in [3.05, 3.63) is 63.6 Å². The zero-order valence-corrected chi connectivity index (χ0v) is 16.4. The normalized spacial score (nSPS) is 11.1. The topological polar surface area (TPSA) is 81.7 Å². The monoisotopic (exact) mass is 431 g/mol. The van der Waals surface area contributed by atoms with E-state index in [4.69, 9.17) is 23.2 Å². The molecule has 3 N–H and O–H groups in total. The molecule has 150 valence electrons. The van der Waals surface area contributed by atoms with Crippen LogP contribution in [0.25, 0.3) is 0 Å². The number of nitrogens with one attached hydrogen (secondary N) is 2. The molecule has 0 saturated carbocycles. The summed E-state index contributed by atoms with van der Waals surface area (Å²) in [6.07, 6.45) is 0. The van der Waals surface area contributed by atoms with E-state index in [2.05, 4.69) is 10.7 Å². The maximum absolute atomic E-state index is 13.7. The average Bonchev–Trinajstić information content (AvgIpc) is 2.61. The smallest absolute Gasteiger partial charge is 0.338 e. The zero-order chi connectivity index (χ0) is 21.1. The lowest BCUT2D eigenvalue weighted by molar-refractivity contribution is 0.0220. The lowest BCUT2D eigenvalue weighted by Crippen LogP contribution is -2.59. The van der Waals surface area contributed by atoms with E-state index in [1.54, 1.807) is 0 Å². The predicted molar refractivity (Wildman–Crippen MR) is 102 cm³/mol. The number of carbonyl (C=O) groups is 2. The highest BCUT2D eigenvalue weighted by atomic mass is 35.5. The van der Waals surface area contributed by atoms with E-state index in [0.29, 0.717) is 0 Å². The van der Waals surface area contributed by atoms with Crippen molar-refractivity contribution in [2.24, 2.45) is 0 Å². The van der Waals surface area contributed by atoms with Crippen LogP contribution in [-0.2, 0) is 0 Å². The Balaban J connectivity index is 2.29. The molecule has 0 fully saturated rings. The summed E-state index contributed by atoms with van der Waals surface area (Å²) in [7, 11) is 0. The number of amides is 3. The Morgan fingerprint density at radius 3 is 2.29 bits per heavy atom. The molecule has 2 rings (SSSR count). The summed E-state index contributed by atoms with van der Waals surface area (Å²) in [4.78, 5) is 25.2. The quantitative estimate of drug-likeness (QED) is 0.633. The van der Waals surface area contributed by atoms with Crippen molar-refractivity contribution in [2.45, 2.75) is 19.4 Å². The van der Waals surface area contributed by atoms with Gasteiger partial charge in [0.1, 0.15) is 11.6 Å². The van der Waals surface area contributed by atoms with Crippen LogP contribution in [0.5, 0.6) is 0 Å². The van der Waals surface area contributed by atoms with Gasteiger partial charge >= 0.3 is 6.03 Å². The van der Waals surface area contributed by atoms with Gasteiger partial charge in [0.05, 0.1) is 17.8 Å². The first-order chi connectivity index (χ1) is 13.0. The van der Waals surface area contributed by atoms with E-state index in [1.807, 2.05) is 0 Å². The number of hydrogen-bond donors (Lipinski definition) is 3. The second-order valence-corrected chi connectivity index (χ2v) is 7.33. The highest BCUT2D eigenvalue weighted by molar-refractivity contribution is 6.35. The third-order valence-corrected chi connectivity index (χ3v) is 4.13. The van der Waals surface area contributed by atoms with Crippen molar-refractivity contribution in [1.82, 2.24) is 10.4 Å². The minimum Gasteiger partial charge on any atom is -0.394 e. The number of aliphatic hydroxyl groups is 1. The summed E-state index contributed by atoms with van der Waals surface area (Å²) < 4.78 is 27.0. The van der Waals surface area contributed by atoms with Gasteiger partial charge in [0.2, 0.25) is 0 Å². The SMILES string of the molecule is CC(C)(CO)N(NC(=O)Nc1cc(F)ccc1F)C(=O)c1cc(Cl)cc(Cl)c1. The van der Waals surface area contributed by atoms with Crippen LogP contribution >= 0.6 is 23.2 Å². The Hall–Kier alpha value is -2.42. The molecule has 3 amide bonds. The molecule has 0 atom stereocenters. The van der Waals surface area contributed by atoms with Gasteiger partial charge < -0.3 is 10.4 Å². The van der Waals surface area contributed by atoms with Crippen LogP contribution in [0.15, 0.2) is 36.4 Å². The number of benzene rings is 2. The number of carbonyl (C=O) groups excluding carboxylic acids is 2. The van der Waals surface area contributed by atoms with E-state index >= 15 is 0 Å². The number of anilines is 1. The molecule has 0 aromatic heterocycles. The molecule has 0 aliphatic carbocycles. The first kappa shape index (κ1) is 21.9. The number of hydrogen-bond acceptors (Lipinski definition) is 3. The number of urea groups is 1. The van der Waals surface area contributed by atoms with Gasteiger partial charge in [0, 0.05) is 21.7 Å². The van der Waals surface area contributed by atoms with Gasteiger partial charge in [-0.15, -0.1) is 0 Å². The molecule has 0 bridgehead atoms. The second-order valence-electron chi connectivity index (χ2n) is 6.46. The first-order valence-electron chi connectivity index (χ1n) is 7.97. The Labute approximate surface area is 170 Å². The van der Waals surface area contributed by atoms with Gasteiger partial charge in [-0.25, -0.2) is 24.0 Å². The molecular weight excluding hydrogens is 415 g/mol. The highest BCUT2D eigenvalue weighted by Gasteiger charge is 2.33. The Morgan fingerprint density at radius 1 is 1.11 bits per heavy atom. The fourth-order valence-corrected chi connectivity index (χ4v) is 2.73. The fourth-order valence-electron chi connectivity index (χ4n) is 2.20. The van der Waals surface area contributed by atoms with E-state index < -0.39 is 41.4 Å². The number of hydrazine groups is 1. The van der Waals surface area contributed by atoms with Crippen molar-refractivity contribution in [3.63, 3.8) is 0 Å². The maximum Gasteiger partial charge on any atom is 0.338 e. The van der Waals surface area contributed by atoms with Crippen LogP contribution in [0, 0.1) is 11.6 Å². The molecule has 0 spiro atoms. The number of halogens is 4. The molecule has 0 radical (unpaired) electrons. The number of nitrogens with zero attached hydrogens (tertiary/aromatic N) is 1. The van der Waals surface area contributed by atoms with Gasteiger partial charge in [0.15, 0.2) is 0 Å². The van der Waals surface area contributed by atoms with Gasteiger partial charge in [-0.05, 0) is 44.2 Å². The van der Waals surface area contributed by atoms with E-state index in [-0.39, 0.29) is 15.6 Å². The molecule has 0 unspecified atom stereocenters. The molecule has 0 heterocycles. The summed E-state index contributed by atoms with van der Waals surface area (Å²) in [5, 5.41) is 13.0. The molecule has 0 aliphatic rings. The van der Waals surface area contributed by atoms with Crippen molar-refractivity contribution in [3.8, 4) is 0 Å². The third-order valence-electron chi connectivity index (χ3n) is 3.69. The molecular formula is C18H17Cl2F2N3O3. The van der Waals surface area contributed by atoms with Crippen LogP contribution in [0.1, 0.15) is 24.2 Å². The zero-order valence-electron chi connectivity index (χ0n) is 14.9. The largest absolute Gasteiger partial charge is 0.394 e. The molecule has 28 heavy (non-hydrogen) atoms. The van der Waals surface area contributed by atoms with Gasteiger partial charge in [0.25, 0.3) is 5.91 Å². The maximum atomic E-state index is 13.7. The molecule has 2 aromatic rings. The Bertz CT molecular complexity index is 889. The first-order valence-corrected chi connectivity index (χ1v) is 8.73. The minimum absolute atomic E-state index is 0.0521. The third kappa shape index (κ3) is 5.31. The predicted octanol–water partition coefficient (Wildman–Crippen LogP) is 4.22. The number of rotatable bonds is 4. The second kappa shape index (κ2) is 8.72. The van der Waals surface area contributed by atoms with E-state index in [9.17, 15) is 23.5 Å². The van der Waals surface area contributed by atoms with E-state index in [0.717, 1.165) is 23.2 Å². The van der Waals surface area contributed by atoms with Crippen LogP contribution < -0.4 is 10.7 Å². The number of aliphatic hydroxyl groups excluding tert-OH is 1. The average molecular weight is 432 g/mol. The standard InChI is InChI=1S/C18H17Cl2F2N3O3/c1-18(2,9-26)25(16(27)10-5-11(19)7-12(20)6-10)24-17(28)23-15-8-13(21)3-4-14(15)22/h3-8,26H,9H2,1-2H3,(H2,23,24,28). The van der Waals surface area contributed by atoms with Gasteiger partial charge in [-0.2, -0.15) is 0 Å². The highest BCUT2D eigenvalue weighted by Crippen LogP contribution is 2.23. The summed E-state index contributed by atoms with van der Waals surface area (Å²) in [6.45, 7) is 2.46. The van der Waals surface area contributed by atoms with Crippen molar-refractivity contribution in [2.75, 3.05) is 11.9 Å². The van der Waals surface area contributed by atoms with Crippen LogP contribution in [0.4, 0.5) is 19.3 Å². The Kier molecular flexibility index (Phi) is 6.82. The fraction of sp³-hybridized carbons (Fsp3) is 0.222. The van der Waals surface area contributed by atoms with Crippen molar-refractivity contribution < 1.29 is 23.5 Å². The van der Waals surface area contributed by atoms with Crippen molar-refractivity contribution >= 4 is 40.8 Å². The molecule has 0 saturated heterocycles. The molecule has 6 nitrogen and oxygen atoms in total. The lowest BCUT2D eigenvalue weighted by Gasteiger charge is -2.37. The lowest BCUT2D eigenvalue weighted by atomic mass is 10.0. The van der Waals surface area contributed by atoms with Crippen LogP contribution in [0.3, 0.4) is 0 Å². The summed E-state index contributed by atoms with van der Waals surface area (Å²) >= 11 is 11.8. The van der Waals surface area contributed by atoms with E-state index in [1.165, 1.54) is 32.0 Å². The van der Waals surface area contributed by atoms with Crippen LogP contribution in [-0.4, -0.2) is 34.2 Å². The minimum atomic E-state index is -1.25. The summed E-state index contributed by atoms with van der Waals surface area (Å²) in [5.41, 5.74) is 0.626. The van der Waals surface area contributed by atoms with Gasteiger partial charge in [-0.1, -0.05) is 23.2 Å².